The van der Waals surface area contributed by atoms with Crippen molar-refractivity contribution in [2.45, 2.75) is 0 Å². The number of halogens is 3. The molecule has 0 saturated carbocycles. The molecule has 1 aromatic carbocycles. The van der Waals surface area contributed by atoms with Gasteiger partial charge in [-0.15, -0.1) is 10.2 Å². The fourth-order valence-corrected chi connectivity index (χ4v) is 2.11. The molecule has 2 rings (SSSR count). The van der Waals surface area contributed by atoms with Gasteiger partial charge in [0.25, 0.3) is 5.91 Å². The summed E-state index contributed by atoms with van der Waals surface area (Å²) in [4.78, 5) is 11.7. The molecule has 1 aromatic heterocycles. The monoisotopic (exact) mass is 334 g/mol. The summed E-state index contributed by atoms with van der Waals surface area (Å²) in [5.74, 6) is -2.90. The number of amides is 1. The average Bonchev–Trinajstić information content (AvgIpc) is 2.62. The Hall–Kier alpha value is -1.61. The van der Waals surface area contributed by atoms with Gasteiger partial charge in [-0.3, -0.25) is 10.1 Å². The number of benzene rings is 1. The summed E-state index contributed by atoms with van der Waals surface area (Å²) in [5.41, 5.74) is 4.62. The highest BCUT2D eigenvalue weighted by Crippen LogP contribution is 2.22. The number of carbonyl (C=O) groups is 1. The highest BCUT2D eigenvalue weighted by molar-refractivity contribution is 9.10. The number of anilines is 2. The molecule has 1 amide bonds. The van der Waals surface area contributed by atoms with Gasteiger partial charge in [0.05, 0.1) is 0 Å². The second-order valence-electron chi connectivity index (χ2n) is 3.14. The number of aromatic nitrogens is 2. The first-order valence-electron chi connectivity index (χ1n) is 4.52. The molecule has 18 heavy (non-hydrogen) atoms. The molecule has 2 aromatic rings. The molecule has 0 fully saturated rings. The highest BCUT2D eigenvalue weighted by Gasteiger charge is 2.19. The minimum atomic E-state index is -0.975. The van der Waals surface area contributed by atoms with E-state index in [2.05, 4.69) is 31.4 Å². The Morgan fingerprint density at radius 1 is 1.33 bits per heavy atom. The maximum absolute atomic E-state index is 13.5. The van der Waals surface area contributed by atoms with E-state index >= 15 is 0 Å². The van der Waals surface area contributed by atoms with Crippen molar-refractivity contribution >= 4 is 43.4 Å². The molecular formula is C9H5BrF2N4OS. The Morgan fingerprint density at radius 2 is 1.94 bits per heavy atom. The van der Waals surface area contributed by atoms with E-state index in [4.69, 9.17) is 5.73 Å². The Morgan fingerprint density at radius 3 is 2.44 bits per heavy atom. The van der Waals surface area contributed by atoms with Gasteiger partial charge in [-0.25, -0.2) is 8.78 Å². The zero-order chi connectivity index (χ0) is 13.3. The lowest BCUT2D eigenvalue weighted by atomic mass is 10.2. The lowest BCUT2D eigenvalue weighted by Gasteiger charge is -2.04. The maximum Gasteiger partial charge on any atom is 0.263 e. The number of hydrogen-bond donors (Lipinski definition) is 2. The first-order chi connectivity index (χ1) is 8.47. The van der Waals surface area contributed by atoms with E-state index in [1.807, 2.05) is 0 Å². The Balaban J connectivity index is 2.29. The SMILES string of the molecule is Nc1nnc(NC(=O)c2c(F)cc(Br)cc2F)s1. The number of nitrogens with one attached hydrogen (secondary N) is 1. The molecule has 0 aliphatic heterocycles. The van der Waals surface area contributed by atoms with Crippen LogP contribution >= 0.6 is 27.3 Å². The quantitative estimate of drug-likeness (QED) is 0.883. The summed E-state index contributed by atoms with van der Waals surface area (Å²) in [6, 6.07) is 1.99. The Bertz CT molecular complexity index is 595. The van der Waals surface area contributed by atoms with Gasteiger partial charge < -0.3 is 5.73 Å². The van der Waals surface area contributed by atoms with E-state index in [-0.39, 0.29) is 14.7 Å². The molecule has 1 heterocycles. The summed E-state index contributed by atoms with van der Waals surface area (Å²) in [5, 5.41) is 9.39. The van der Waals surface area contributed by atoms with Crippen molar-refractivity contribution in [1.82, 2.24) is 10.2 Å². The Kier molecular flexibility index (Phi) is 3.53. The van der Waals surface area contributed by atoms with Crippen LogP contribution in [0.4, 0.5) is 19.0 Å². The molecule has 0 radical (unpaired) electrons. The number of rotatable bonds is 2. The fourth-order valence-electron chi connectivity index (χ4n) is 1.20. The minimum absolute atomic E-state index is 0.0687. The van der Waals surface area contributed by atoms with Gasteiger partial charge in [-0.05, 0) is 12.1 Å². The molecule has 0 atom stereocenters. The van der Waals surface area contributed by atoms with Gasteiger partial charge in [0.2, 0.25) is 10.3 Å². The molecular weight excluding hydrogens is 330 g/mol. The summed E-state index contributed by atoms with van der Waals surface area (Å²) in [6.07, 6.45) is 0. The molecule has 0 aliphatic carbocycles. The highest BCUT2D eigenvalue weighted by atomic mass is 79.9. The molecule has 0 saturated heterocycles. The van der Waals surface area contributed by atoms with Crippen molar-refractivity contribution in [3.05, 3.63) is 33.8 Å². The molecule has 0 unspecified atom stereocenters. The van der Waals surface area contributed by atoms with E-state index in [0.29, 0.717) is 0 Å². The largest absolute Gasteiger partial charge is 0.374 e. The zero-order valence-corrected chi connectivity index (χ0v) is 11.0. The molecule has 5 nitrogen and oxygen atoms in total. The third-order valence-electron chi connectivity index (χ3n) is 1.90. The van der Waals surface area contributed by atoms with Crippen LogP contribution in [0.25, 0.3) is 0 Å². The summed E-state index contributed by atoms with van der Waals surface area (Å²) in [7, 11) is 0. The number of hydrogen-bond acceptors (Lipinski definition) is 5. The summed E-state index contributed by atoms with van der Waals surface area (Å²) < 4.78 is 27.2. The van der Waals surface area contributed by atoms with Gasteiger partial charge in [0.1, 0.15) is 17.2 Å². The smallest absolute Gasteiger partial charge is 0.263 e. The van der Waals surface area contributed by atoms with Crippen LogP contribution in [0.2, 0.25) is 0 Å². The van der Waals surface area contributed by atoms with Gasteiger partial charge in [0, 0.05) is 4.47 Å². The first-order valence-corrected chi connectivity index (χ1v) is 6.13. The second-order valence-corrected chi connectivity index (χ2v) is 5.07. The van der Waals surface area contributed by atoms with Crippen LogP contribution in [0, 0.1) is 11.6 Å². The standard InChI is InChI=1S/C9H5BrF2N4OS/c10-3-1-4(11)6(5(12)2-3)7(17)14-9-16-15-8(13)18-9/h1-2H,(H2,13,15)(H,14,16,17). The lowest BCUT2D eigenvalue weighted by Crippen LogP contribution is -2.15. The van der Waals surface area contributed by atoms with Gasteiger partial charge in [0.15, 0.2) is 0 Å². The van der Waals surface area contributed by atoms with Crippen LogP contribution < -0.4 is 11.1 Å². The number of nitrogens with two attached hydrogens (primary N) is 1. The maximum atomic E-state index is 13.5. The lowest BCUT2D eigenvalue weighted by molar-refractivity contribution is 0.101. The molecule has 0 spiro atoms. The number of nitrogens with zero attached hydrogens (tertiary/aromatic N) is 2. The van der Waals surface area contributed by atoms with E-state index in [1.54, 1.807) is 0 Å². The van der Waals surface area contributed by atoms with Crippen molar-refractivity contribution < 1.29 is 13.6 Å². The van der Waals surface area contributed by atoms with Gasteiger partial charge in [-0.1, -0.05) is 27.3 Å². The Labute approximate surface area is 112 Å². The molecule has 0 bridgehead atoms. The second kappa shape index (κ2) is 4.94. The number of nitrogen functional groups attached to an aromatic ring is 1. The number of carbonyl (C=O) groups excluding carboxylic acids is 1. The zero-order valence-electron chi connectivity index (χ0n) is 8.58. The average molecular weight is 335 g/mol. The van der Waals surface area contributed by atoms with Crippen LogP contribution in [0.5, 0.6) is 0 Å². The van der Waals surface area contributed by atoms with E-state index in [9.17, 15) is 13.6 Å². The summed E-state index contributed by atoms with van der Waals surface area (Å²) >= 11 is 3.81. The van der Waals surface area contributed by atoms with Gasteiger partial charge in [-0.2, -0.15) is 0 Å². The molecule has 94 valence electrons. The van der Waals surface area contributed by atoms with E-state index < -0.39 is 23.1 Å². The third-order valence-corrected chi connectivity index (χ3v) is 3.02. The molecule has 9 heteroatoms. The summed E-state index contributed by atoms with van der Waals surface area (Å²) in [6.45, 7) is 0. The van der Waals surface area contributed by atoms with Crippen LogP contribution in [-0.4, -0.2) is 16.1 Å². The normalized spacial score (nSPS) is 10.4. The van der Waals surface area contributed by atoms with Crippen molar-refractivity contribution in [3.8, 4) is 0 Å². The molecule has 3 N–H and O–H groups in total. The van der Waals surface area contributed by atoms with Crippen LogP contribution in [0.1, 0.15) is 10.4 Å². The van der Waals surface area contributed by atoms with E-state index in [1.165, 1.54) is 0 Å². The van der Waals surface area contributed by atoms with Crippen LogP contribution in [0.15, 0.2) is 16.6 Å². The minimum Gasteiger partial charge on any atom is -0.374 e. The first kappa shape index (κ1) is 12.8. The predicted octanol–water partition coefficient (Wildman–Crippen LogP) is 2.41. The topological polar surface area (TPSA) is 80.9 Å². The van der Waals surface area contributed by atoms with Crippen LogP contribution in [-0.2, 0) is 0 Å². The van der Waals surface area contributed by atoms with Crippen LogP contribution in [0.3, 0.4) is 0 Å². The molecule has 0 aliphatic rings. The predicted molar refractivity (Wildman–Crippen MR) is 66.3 cm³/mol. The van der Waals surface area contributed by atoms with E-state index in [0.717, 1.165) is 23.5 Å². The van der Waals surface area contributed by atoms with Gasteiger partial charge >= 0.3 is 0 Å². The fraction of sp³-hybridized carbons (Fsp3) is 0. The van der Waals surface area contributed by atoms with Crippen molar-refractivity contribution in [1.29, 1.82) is 0 Å². The van der Waals surface area contributed by atoms with Crippen molar-refractivity contribution in [2.24, 2.45) is 0 Å². The van der Waals surface area contributed by atoms with Crippen molar-refractivity contribution in [3.63, 3.8) is 0 Å². The third kappa shape index (κ3) is 2.62. The van der Waals surface area contributed by atoms with Crippen molar-refractivity contribution in [2.75, 3.05) is 11.1 Å².